The van der Waals surface area contributed by atoms with E-state index in [1.807, 2.05) is 33.8 Å². The summed E-state index contributed by atoms with van der Waals surface area (Å²) in [5.41, 5.74) is 3.90. The van der Waals surface area contributed by atoms with E-state index < -0.39 is 0 Å². The maximum atomic E-state index is 3.89. The Bertz CT molecular complexity index is 348. The highest BCUT2D eigenvalue weighted by atomic mass is 32.2. The van der Waals surface area contributed by atoms with E-state index in [0.717, 1.165) is 6.42 Å². The van der Waals surface area contributed by atoms with Crippen LogP contribution < -0.4 is 0 Å². The molecule has 0 aromatic rings. The number of hydrogen-bond donors (Lipinski definition) is 0. The van der Waals surface area contributed by atoms with Crippen molar-refractivity contribution in [1.82, 2.24) is 4.31 Å². The van der Waals surface area contributed by atoms with E-state index in [2.05, 4.69) is 50.9 Å². The molecule has 19 heavy (non-hydrogen) atoms. The normalized spacial score (nSPS) is 16.7. The molecule has 0 bridgehead atoms. The molecule has 1 aliphatic rings. The van der Waals surface area contributed by atoms with Crippen molar-refractivity contribution in [3.8, 4) is 0 Å². The Balaban J connectivity index is 0. The van der Waals surface area contributed by atoms with Crippen LogP contribution in [0.1, 0.15) is 54.9 Å². The molecule has 0 fully saturated rings. The molecule has 0 saturated carbocycles. The van der Waals surface area contributed by atoms with E-state index in [0.29, 0.717) is 0 Å². The zero-order valence-corrected chi connectivity index (χ0v) is 14.8. The van der Waals surface area contributed by atoms with Gasteiger partial charge in [0.15, 0.2) is 0 Å². The van der Waals surface area contributed by atoms with Gasteiger partial charge in [-0.15, -0.1) is 0 Å². The quantitative estimate of drug-likeness (QED) is 0.439. The van der Waals surface area contributed by atoms with Crippen molar-refractivity contribution >= 4 is 11.9 Å². The molecule has 1 aliphatic heterocycles. The first-order chi connectivity index (χ1) is 9.15. The second-order valence-electron chi connectivity index (χ2n) is 3.47. The third-order valence-electron chi connectivity index (χ3n) is 2.51. The molecular weight excluding hydrogens is 250 g/mol. The van der Waals surface area contributed by atoms with Crippen LogP contribution in [-0.2, 0) is 0 Å². The molecule has 0 aromatic carbocycles. The van der Waals surface area contributed by atoms with E-state index in [-0.39, 0.29) is 0 Å². The summed E-state index contributed by atoms with van der Waals surface area (Å²) in [5.74, 6) is 0. The molecule has 0 N–H and O–H groups in total. The SMILES string of the molecule is C=C/C(=C/CC)C1=C(C)N(C)S/C1=C/C.CC.CC. The summed E-state index contributed by atoms with van der Waals surface area (Å²) in [5, 5.41) is 0. The third kappa shape index (κ3) is 5.73. The fourth-order valence-corrected chi connectivity index (χ4v) is 2.64. The van der Waals surface area contributed by atoms with Crippen molar-refractivity contribution < 1.29 is 0 Å². The summed E-state index contributed by atoms with van der Waals surface area (Å²) in [4.78, 5) is 1.33. The van der Waals surface area contributed by atoms with Crippen LogP contribution in [0.15, 0.2) is 46.6 Å². The summed E-state index contributed by atoms with van der Waals surface area (Å²) in [6, 6.07) is 0. The second-order valence-corrected chi connectivity index (χ2v) is 4.64. The zero-order valence-electron chi connectivity index (χ0n) is 14.0. The summed E-state index contributed by atoms with van der Waals surface area (Å²) >= 11 is 1.78. The maximum absolute atomic E-state index is 3.89. The van der Waals surface area contributed by atoms with E-state index in [1.165, 1.54) is 21.7 Å². The smallest absolute Gasteiger partial charge is 0.0340 e. The van der Waals surface area contributed by atoms with Crippen molar-refractivity contribution in [2.24, 2.45) is 0 Å². The van der Waals surface area contributed by atoms with Crippen LogP contribution in [-0.4, -0.2) is 11.4 Å². The predicted octanol–water partition coefficient (Wildman–Crippen LogP) is 6.33. The van der Waals surface area contributed by atoms with Gasteiger partial charge in [0.05, 0.1) is 0 Å². The molecule has 0 radical (unpaired) electrons. The highest BCUT2D eigenvalue weighted by Gasteiger charge is 2.22. The predicted molar refractivity (Wildman–Crippen MR) is 93.1 cm³/mol. The molecule has 1 rings (SSSR count). The van der Waals surface area contributed by atoms with Crippen LogP contribution in [0.3, 0.4) is 0 Å². The fourth-order valence-electron chi connectivity index (χ4n) is 1.65. The number of nitrogens with zero attached hydrogens (tertiary/aromatic N) is 1. The largest absolute Gasteiger partial charge is 0.319 e. The van der Waals surface area contributed by atoms with Gasteiger partial charge in [0.2, 0.25) is 0 Å². The van der Waals surface area contributed by atoms with Crippen molar-refractivity contribution in [2.45, 2.75) is 54.9 Å². The van der Waals surface area contributed by atoms with Crippen LogP contribution in [0.4, 0.5) is 0 Å². The monoisotopic (exact) mass is 281 g/mol. The molecule has 1 heterocycles. The Morgan fingerprint density at radius 2 is 1.79 bits per heavy atom. The van der Waals surface area contributed by atoms with Gasteiger partial charge < -0.3 is 4.31 Å². The minimum atomic E-state index is 1.05. The first-order valence-corrected chi connectivity index (χ1v) is 8.05. The van der Waals surface area contributed by atoms with Gasteiger partial charge in [-0.05, 0) is 37.8 Å². The Kier molecular flexibility index (Phi) is 13.1. The van der Waals surface area contributed by atoms with Crippen LogP contribution >= 0.6 is 11.9 Å². The maximum Gasteiger partial charge on any atom is 0.0340 e. The first kappa shape index (κ1) is 20.4. The van der Waals surface area contributed by atoms with Crippen molar-refractivity contribution in [1.29, 1.82) is 0 Å². The highest BCUT2D eigenvalue weighted by Crippen LogP contribution is 2.42. The zero-order chi connectivity index (χ0) is 15.4. The van der Waals surface area contributed by atoms with Gasteiger partial charge in [-0.3, -0.25) is 0 Å². The molecule has 0 atom stereocenters. The molecule has 0 spiro atoms. The standard InChI is InChI=1S/C13H19NS.2C2H6/c1-6-9-11(7-2)13-10(4)14(5)15-12(13)8-3;2*1-2/h7-9H,2,6H2,1,3-5H3;2*1-2H3/b11-9-,12-8+;;. The molecule has 110 valence electrons. The molecule has 2 heteroatoms. The van der Waals surface area contributed by atoms with Gasteiger partial charge in [-0.25, -0.2) is 0 Å². The minimum absolute atomic E-state index is 1.05. The lowest BCUT2D eigenvalue weighted by Crippen LogP contribution is -2.00. The van der Waals surface area contributed by atoms with Crippen molar-refractivity contribution in [3.05, 3.63) is 46.6 Å². The average molecular weight is 282 g/mol. The highest BCUT2D eigenvalue weighted by molar-refractivity contribution is 8.01. The van der Waals surface area contributed by atoms with Gasteiger partial charge in [0.25, 0.3) is 0 Å². The summed E-state index contributed by atoms with van der Waals surface area (Å²) in [7, 11) is 2.10. The molecule has 0 saturated heterocycles. The molecule has 0 amide bonds. The molecule has 0 aliphatic carbocycles. The van der Waals surface area contributed by atoms with E-state index in [9.17, 15) is 0 Å². The Labute approximate surface area is 125 Å². The average Bonchev–Trinajstić information content (AvgIpc) is 2.76. The lowest BCUT2D eigenvalue weighted by Gasteiger charge is -2.09. The Morgan fingerprint density at radius 3 is 2.16 bits per heavy atom. The third-order valence-corrected chi connectivity index (χ3v) is 3.69. The minimum Gasteiger partial charge on any atom is -0.319 e. The van der Waals surface area contributed by atoms with Gasteiger partial charge in [-0.1, -0.05) is 59.4 Å². The van der Waals surface area contributed by atoms with Crippen molar-refractivity contribution in [3.63, 3.8) is 0 Å². The fraction of sp³-hybridized carbons (Fsp3) is 0.529. The topological polar surface area (TPSA) is 3.24 Å². The molecule has 1 nitrogen and oxygen atoms in total. The van der Waals surface area contributed by atoms with Crippen LogP contribution in [0.2, 0.25) is 0 Å². The lowest BCUT2D eigenvalue weighted by atomic mass is 10.0. The molecule has 0 unspecified atom stereocenters. The Morgan fingerprint density at radius 1 is 1.26 bits per heavy atom. The van der Waals surface area contributed by atoms with Gasteiger partial charge in [-0.2, -0.15) is 0 Å². The van der Waals surface area contributed by atoms with E-state index in [4.69, 9.17) is 0 Å². The lowest BCUT2D eigenvalue weighted by molar-refractivity contribution is 0.712. The summed E-state index contributed by atoms with van der Waals surface area (Å²) in [6.45, 7) is 18.3. The van der Waals surface area contributed by atoms with Crippen LogP contribution in [0, 0.1) is 0 Å². The Hall–Kier alpha value is -0.890. The number of allylic oxidation sites excluding steroid dienone is 6. The van der Waals surface area contributed by atoms with E-state index in [1.54, 1.807) is 11.9 Å². The van der Waals surface area contributed by atoms with Crippen LogP contribution in [0.25, 0.3) is 0 Å². The van der Waals surface area contributed by atoms with Gasteiger partial charge >= 0.3 is 0 Å². The number of rotatable bonds is 3. The van der Waals surface area contributed by atoms with E-state index >= 15 is 0 Å². The van der Waals surface area contributed by atoms with Gasteiger partial charge in [0.1, 0.15) is 0 Å². The van der Waals surface area contributed by atoms with Crippen molar-refractivity contribution in [2.75, 3.05) is 7.05 Å². The van der Waals surface area contributed by atoms with Gasteiger partial charge in [0, 0.05) is 23.2 Å². The molecular formula is C17H31NS. The van der Waals surface area contributed by atoms with Crippen LogP contribution in [0.5, 0.6) is 0 Å². The summed E-state index contributed by atoms with van der Waals surface area (Å²) in [6.07, 6.45) is 7.39. The molecule has 0 aromatic heterocycles. The summed E-state index contributed by atoms with van der Waals surface area (Å²) < 4.78 is 2.21. The first-order valence-electron chi connectivity index (χ1n) is 7.27. The number of hydrogen-bond acceptors (Lipinski definition) is 2. The second kappa shape index (κ2) is 12.2.